The molecule has 1 aromatic heterocycles. The first-order valence-corrected chi connectivity index (χ1v) is 4.80. The van der Waals surface area contributed by atoms with Crippen LogP contribution in [-0.2, 0) is 6.54 Å². The first kappa shape index (κ1) is 9.31. The minimum absolute atomic E-state index is 0.528. The minimum atomic E-state index is 0.528. The molecular weight excluding hydrogens is 196 g/mol. The maximum atomic E-state index is 5.90. The quantitative estimate of drug-likeness (QED) is 0.780. The molecule has 72 valence electrons. The van der Waals surface area contributed by atoms with Gasteiger partial charge in [0, 0.05) is 23.5 Å². The standard InChI is InChI=1S/C11H11ClN2/c12-10-3-1-2-8(4-10)9-5-11(6-13)14-7-9/h1-5,7,14H,6,13H2. The van der Waals surface area contributed by atoms with Gasteiger partial charge in [-0.3, -0.25) is 0 Å². The van der Waals surface area contributed by atoms with Crippen molar-refractivity contribution in [3.63, 3.8) is 0 Å². The molecule has 0 aliphatic carbocycles. The van der Waals surface area contributed by atoms with E-state index in [4.69, 9.17) is 17.3 Å². The number of hydrogen-bond donors (Lipinski definition) is 2. The van der Waals surface area contributed by atoms with Gasteiger partial charge in [-0.2, -0.15) is 0 Å². The summed E-state index contributed by atoms with van der Waals surface area (Å²) in [4.78, 5) is 3.11. The number of H-pyrrole nitrogens is 1. The predicted molar refractivity (Wildman–Crippen MR) is 59.1 cm³/mol. The van der Waals surface area contributed by atoms with Crippen LogP contribution in [-0.4, -0.2) is 4.98 Å². The fraction of sp³-hybridized carbons (Fsp3) is 0.0909. The number of halogens is 1. The van der Waals surface area contributed by atoms with Gasteiger partial charge in [-0.1, -0.05) is 23.7 Å². The van der Waals surface area contributed by atoms with E-state index in [9.17, 15) is 0 Å². The average molecular weight is 207 g/mol. The highest BCUT2D eigenvalue weighted by Crippen LogP contribution is 2.23. The summed E-state index contributed by atoms with van der Waals surface area (Å²) in [5, 5.41) is 0.748. The first-order chi connectivity index (χ1) is 6.79. The van der Waals surface area contributed by atoms with E-state index in [1.165, 1.54) is 0 Å². The summed E-state index contributed by atoms with van der Waals surface area (Å²) in [6.45, 7) is 0.528. The number of nitrogens with one attached hydrogen (secondary N) is 1. The summed E-state index contributed by atoms with van der Waals surface area (Å²) in [7, 11) is 0. The van der Waals surface area contributed by atoms with Gasteiger partial charge in [0.2, 0.25) is 0 Å². The smallest absolute Gasteiger partial charge is 0.0412 e. The second-order valence-electron chi connectivity index (χ2n) is 3.13. The number of rotatable bonds is 2. The van der Waals surface area contributed by atoms with Gasteiger partial charge in [0.05, 0.1) is 0 Å². The van der Waals surface area contributed by atoms with Gasteiger partial charge in [-0.05, 0) is 29.3 Å². The normalized spacial score (nSPS) is 10.4. The lowest BCUT2D eigenvalue weighted by molar-refractivity contribution is 1.01. The number of aromatic amines is 1. The zero-order valence-electron chi connectivity index (χ0n) is 7.63. The Morgan fingerprint density at radius 3 is 2.71 bits per heavy atom. The molecule has 2 rings (SSSR count). The van der Waals surface area contributed by atoms with Crippen LogP contribution in [0.1, 0.15) is 5.69 Å². The SMILES string of the molecule is NCc1cc(-c2cccc(Cl)c2)c[nH]1. The number of hydrogen-bond acceptors (Lipinski definition) is 1. The lowest BCUT2D eigenvalue weighted by Crippen LogP contribution is -1.94. The zero-order chi connectivity index (χ0) is 9.97. The summed E-state index contributed by atoms with van der Waals surface area (Å²) in [6, 6.07) is 9.79. The molecule has 0 fully saturated rings. The van der Waals surface area contributed by atoms with Crippen molar-refractivity contribution in [2.24, 2.45) is 5.73 Å². The van der Waals surface area contributed by atoms with Gasteiger partial charge in [-0.25, -0.2) is 0 Å². The van der Waals surface area contributed by atoms with E-state index in [-0.39, 0.29) is 0 Å². The van der Waals surface area contributed by atoms with Crippen LogP contribution in [0.2, 0.25) is 5.02 Å². The van der Waals surface area contributed by atoms with Gasteiger partial charge < -0.3 is 10.7 Å². The molecule has 0 bridgehead atoms. The monoisotopic (exact) mass is 206 g/mol. The van der Waals surface area contributed by atoms with Crippen molar-refractivity contribution in [2.45, 2.75) is 6.54 Å². The summed E-state index contributed by atoms with van der Waals surface area (Å²) >= 11 is 5.90. The van der Waals surface area contributed by atoms with E-state index >= 15 is 0 Å². The predicted octanol–water partition coefficient (Wildman–Crippen LogP) is 2.79. The van der Waals surface area contributed by atoms with Crippen LogP contribution in [0.15, 0.2) is 36.5 Å². The van der Waals surface area contributed by atoms with Crippen LogP contribution in [0, 0.1) is 0 Å². The molecule has 0 amide bonds. The van der Waals surface area contributed by atoms with Crippen molar-refractivity contribution in [1.82, 2.24) is 4.98 Å². The zero-order valence-corrected chi connectivity index (χ0v) is 8.38. The Kier molecular flexibility index (Phi) is 2.57. The van der Waals surface area contributed by atoms with Crippen LogP contribution in [0.4, 0.5) is 0 Å². The number of nitrogens with two attached hydrogens (primary N) is 1. The highest BCUT2D eigenvalue weighted by molar-refractivity contribution is 6.30. The summed E-state index contributed by atoms with van der Waals surface area (Å²) in [5.41, 5.74) is 8.77. The Labute approximate surface area is 87.7 Å². The van der Waals surface area contributed by atoms with Gasteiger partial charge in [0.15, 0.2) is 0 Å². The van der Waals surface area contributed by atoms with Gasteiger partial charge in [0.25, 0.3) is 0 Å². The Morgan fingerprint density at radius 2 is 2.07 bits per heavy atom. The molecule has 2 nitrogen and oxygen atoms in total. The molecule has 0 atom stereocenters. The molecule has 0 saturated carbocycles. The van der Waals surface area contributed by atoms with Crippen LogP contribution in [0.25, 0.3) is 11.1 Å². The molecule has 14 heavy (non-hydrogen) atoms. The second-order valence-corrected chi connectivity index (χ2v) is 3.56. The van der Waals surface area contributed by atoms with E-state index in [2.05, 4.69) is 4.98 Å². The van der Waals surface area contributed by atoms with Crippen molar-refractivity contribution >= 4 is 11.6 Å². The van der Waals surface area contributed by atoms with Crippen LogP contribution in [0.5, 0.6) is 0 Å². The van der Waals surface area contributed by atoms with Gasteiger partial charge in [0.1, 0.15) is 0 Å². The number of benzene rings is 1. The van der Waals surface area contributed by atoms with Crippen molar-refractivity contribution in [3.05, 3.63) is 47.2 Å². The van der Waals surface area contributed by atoms with E-state index in [0.29, 0.717) is 6.54 Å². The largest absolute Gasteiger partial charge is 0.363 e. The molecule has 1 heterocycles. The third kappa shape index (κ3) is 1.81. The lowest BCUT2D eigenvalue weighted by atomic mass is 10.1. The van der Waals surface area contributed by atoms with E-state index in [0.717, 1.165) is 21.8 Å². The van der Waals surface area contributed by atoms with Crippen molar-refractivity contribution < 1.29 is 0 Å². The molecule has 0 spiro atoms. The highest BCUT2D eigenvalue weighted by Gasteiger charge is 2.00. The number of aromatic nitrogens is 1. The van der Waals surface area contributed by atoms with Crippen molar-refractivity contribution in [1.29, 1.82) is 0 Å². The Hall–Kier alpha value is -1.25. The molecule has 0 saturated heterocycles. The molecule has 0 aliphatic rings. The van der Waals surface area contributed by atoms with E-state index < -0.39 is 0 Å². The molecule has 3 N–H and O–H groups in total. The van der Waals surface area contributed by atoms with Crippen LogP contribution >= 0.6 is 11.6 Å². The molecule has 0 radical (unpaired) electrons. The topological polar surface area (TPSA) is 41.8 Å². The first-order valence-electron chi connectivity index (χ1n) is 4.43. The van der Waals surface area contributed by atoms with Crippen molar-refractivity contribution in [3.8, 4) is 11.1 Å². The van der Waals surface area contributed by atoms with Crippen molar-refractivity contribution in [2.75, 3.05) is 0 Å². The third-order valence-corrected chi connectivity index (χ3v) is 2.36. The molecule has 3 heteroatoms. The van der Waals surface area contributed by atoms with Gasteiger partial charge in [-0.15, -0.1) is 0 Å². The molecule has 0 unspecified atom stereocenters. The second kappa shape index (κ2) is 3.86. The Balaban J connectivity index is 2.39. The maximum absolute atomic E-state index is 5.90. The molecule has 0 aliphatic heterocycles. The molecule has 2 aromatic rings. The summed E-state index contributed by atoms with van der Waals surface area (Å²) < 4.78 is 0. The van der Waals surface area contributed by atoms with Gasteiger partial charge >= 0.3 is 0 Å². The molecule has 1 aromatic carbocycles. The average Bonchev–Trinajstić information content (AvgIpc) is 2.66. The van der Waals surface area contributed by atoms with E-state index in [1.54, 1.807) is 0 Å². The minimum Gasteiger partial charge on any atom is -0.363 e. The lowest BCUT2D eigenvalue weighted by Gasteiger charge is -1.96. The Morgan fingerprint density at radius 1 is 1.21 bits per heavy atom. The maximum Gasteiger partial charge on any atom is 0.0412 e. The third-order valence-electron chi connectivity index (χ3n) is 2.12. The Bertz CT molecular complexity index is 434. The summed E-state index contributed by atoms with van der Waals surface area (Å²) in [5.74, 6) is 0. The van der Waals surface area contributed by atoms with Crippen LogP contribution in [0.3, 0.4) is 0 Å². The van der Waals surface area contributed by atoms with Crippen LogP contribution < -0.4 is 5.73 Å². The fourth-order valence-electron chi connectivity index (χ4n) is 1.39. The molecular formula is C11H11ClN2. The fourth-order valence-corrected chi connectivity index (χ4v) is 1.58. The summed E-state index contributed by atoms with van der Waals surface area (Å²) in [6.07, 6.45) is 1.94. The van der Waals surface area contributed by atoms with E-state index in [1.807, 2.05) is 36.5 Å². The highest BCUT2D eigenvalue weighted by atomic mass is 35.5.